The summed E-state index contributed by atoms with van der Waals surface area (Å²) in [5.74, 6) is 1.38. The number of rotatable bonds is 5. The summed E-state index contributed by atoms with van der Waals surface area (Å²) in [6.45, 7) is 11.5. The highest BCUT2D eigenvalue weighted by Crippen LogP contribution is 2.17. The fourth-order valence-corrected chi connectivity index (χ4v) is 5.30. The predicted octanol–water partition coefficient (Wildman–Crippen LogP) is 1.96. The molecule has 0 bridgehead atoms. The lowest BCUT2D eigenvalue weighted by Crippen LogP contribution is -3.16. The van der Waals surface area contributed by atoms with Crippen LogP contribution in [0, 0.1) is 11.8 Å². The molecule has 0 aromatic heterocycles. The monoisotopic (exact) mass is 359 g/mol. The Bertz CT molecular complexity index is 618. The molecule has 23 heavy (non-hydrogen) atoms. The second-order valence-corrected chi connectivity index (χ2v) is 9.84. The molecule has 1 aromatic carbocycles. The molecular weight excluding hydrogens is 332 g/mol. The first-order valence-corrected chi connectivity index (χ1v) is 10.1. The number of halogens is 1. The summed E-state index contributed by atoms with van der Waals surface area (Å²) in [4.78, 5) is 1.73. The normalized spacial score (nSPS) is 26.2. The van der Waals surface area contributed by atoms with Crippen molar-refractivity contribution in [1.29, 1.82) is 0 Å². The van der Waals surface area contributed by atoms with Crippen molar-refractivity contribution in [1.82, 2.24) is 4.72 Å². The Balaban J connectivity index is 2.06. The molecule has 0 radical (unpaired) electrons. The first-order valence-electron chi connectivity index (χ1n) is 8.20. The van der Waals surface area contributed by atoms with Crippen molar-refractivity contribution in [2.45, 2.75) is 44.6 Å². The fraction of sp³-hybridized carbons (Fsp3) is 0.647. The Morgan fingerprint density at radius 2 is 1.70 bits per heavy atom. The zero-order valence-corrected chi connectivity index (χ0v) is 16.0. The smallest absolute Gasteiger partial charge is 0.241 e. The van der Waals surface area contributed by atoms with Crippen LogP contribution in [0.25, 0.3) is 0 Å². The number of quaternary nitrogens is 1. The maximum atomic E-state index is 12.6. The first-order chi connectivity index (χ1) is 10.6. The SMILES string of the molecule is C[C@H]1C[C@H](C)C[NH+](CC(C)(C)NS(=O)(=O)c2ccc(Cl)cc2)C1. The molecule has 2 rings (SSSR count). The molecule has 0 unspecified atom stereocenters. The summed E-state index contributed by atoms with van der Waals surface area (Å²) in [6, 6.07) is 6.28. The van der Waals surface area contributed by atoms with E-state index in [2.05, 4.69) is 18.6 Å². The third-order valence-corrected chi connectivity index (χ3v) is 6.27. The quantitative estimate of drug-likeness (QED) is 0.844. The number of sulfonamides is 1. The van der Waals surface area contributed by atoms with Gasteiger partial charge in [-0.3, -0.25) is 0 Å². The molecule has 1 aliphatic heterocycles. The second-order valence-electron chi connectivity index (χ2n) is 7.72. The largest absolute Gasteiger partial charge is 0.333 e. The Morgan fingerprint density at radius 3 is 2.22 bits per heavy atom. The molecule has 2 N–H and O–H groups in total. The van der Waals surface area contributed by atoms with Crippen molar-refractivity contribution < 1.29 is 13.3 Å². The van der Waals surface area contributed by atoms with E-state index in [1.165, 1.54) is 11.3 Å². The number of benzene rings is 1. The third kappa shape index (κ3) is 5.45. The molecule has 0 saturated carbocycles. The van der Waals surface area contributed by atoms with Crippen molar-refractivity contribution in [3.8, 4) is 0 Å². The summed E-state index contributed by atoms with van der Waals surface area (Å²) in [5, 5.41) is 0.531. The number of nitrogens with one attached hydrogen (secondary N) is 2. The highest BCUT2D eigenvalue weighted by Gasteiger charge is 2.33. The van der Waals surface area contributed by atoms with Gasteiger partial charge >= 0.3 is 0 Å². The van der Waals surface area contributed by atoms with Crippen LogP contribution in [0.3, 0.4) is 0 Å². The maximum Gasteiger partial charge on any atom is 0.241 e. The summed E-state index contributed by atoms with van der Waals surface area (Å²) < 4.78 is 28.0. The Labute approximate surface area is 145 Å². The van der Waals surface area contributed by atoms with Crippen LogP contribution in [0.4, 0.5) is 0 Å². The highest BCUT2D eigenvalue weighted by atomic mass is 35.5. The Kier molecular flexibility index (Phi) is 5.77. The van der Waals surface area contributed by atoms with Gasteiger partial charge in [-0.2, -0.15) is 4.72 Å². The Hall–Kier alpha value is -0.620. The van der Waals surface area contributed by atoms with Gasteiger partial charge in [0, 0.05) is 16.9 Å². The van der Waals surface area contributed by atoms with E-state index in [1.807, 2.05) is 13.8 Å². The van der Waals surface area contributed by atoms with Crippen LogP contribution in [0.15, 0.2) is 29.2 Å². The number of hydrogen-bond donors (Lipinski definition) is 2. The van der Waals surface area contributed by atoms with Crippen molar-refractivity contribution in [3.63, 3.8) is 0 Å². The van der Waals surface area contributed by atoms with Crippen molar-refractivity contribution in [2.24, 2.45) is 11.8 Å². The molecule has 2 atom stereocenters. The summed E-state index contributed by atoms with van der Waals surface area (Å²) in [6.07, 6.45) is 1.26. The van der Waals surface area contributed by atoms with Crippen LogP contribution in [-0.2, 0) is 10.0 Å². The molecular formula is C17H28ClN2O2S+. The van der Waals surface area contributed by atoms with Crippen LogP contribution in [0.1, 0.15) is 34.1 Å². The van der Waals surface area contributed by atoms with Gasteiger partial charge in [-0.05, 0) is 44.5 Å². The third-order valence-electron chi connectivity index (χ3n) is 4.31. The molecule has 130 valence electrons. The fourth-order valence-electron chi connectivity index (χ4n) is 3.76. The van der Waals surface area contributed by atoms with Gasteiger partial charge in [-0.15, -0.1) is 0 Å². The van der Waals surface area contributed by atoms with Crippen LogP contribution in [0.2, 0.25) is 5.02 Å². The van der Waals surface area contributed by atoms with Gasteiger partial charge < -0.3 is 4.90 Å². The number of likely N-dealkylation sites (tertiary alicyclic amines) is 1. The molecule has 1 aromatic rings. The molecule has 1 saturated heterocycles. The van der Waals surface area contributed by atoms with Crippen LogP contribution < -0.4 is 9.62 Å². The minimum absolute atomic E-state index is 0.255. The van der Waals surface area contributed by atoms with Gasteiger partial charge in [0.2, 0.25) is 10.0 Å². The minimum atomic E-state index is -3.53. The van der Waals surface area contributed by atoms with Crippen molar-refractivity contribution in [2.75, 3.05) is 19.6 Å². The molecule has 0 amide bonds. The standard InChI is InChI=1S/C17H27ClN2O2S/c1-13-9-14(2)11-20(10-13)12-17(3,4)19-23(21,22)16-7-5-15(18)6-8-16/h5-8,13-14,19H,9-12H2,1-4H3/p+1/t13-,14-/m0/s1. The van der Waals surface area contributed by atoms with Gasteiger partial charge in [0.1, 0.15) is 0 Å². The van der Waals surface area contributed by atoms with E-state index in [0.717, 1.165) is 19.6 Å². The van der Waals surface area contributed by atoms with Gasteiger partial charge in [0.15, 0.2) is 0 Å². The zero-order chi connectivity index (χ0) is 17.3. The van der Waals surface area contributed by atoms with E-state index in [-0.39, 0.29) is 4.90 Å². The molecule has 0 spiro atoms. The number of hydrogen-bond acceptors (Lipinski definition) is 2. The van der Waals surface area contributed by atoms with Crippen molar-refractivity contribution in [3.05, 3.63) is 29.3 Å². The zero-order valence-electron chi connectivity index (χ0n) is 14.4. The van der Waals surface area contributed by atoms with Gasteiger partial charge in [0.05, 0.1) is 30.1 Å². The van der Waals surface area contributed by atoms with Gasteiger partial charge in [0.25, 0.3) is 0 Å². The van der Waals surface area contributed by atoms with E-state index < -0.39 is 15.6 Å². The van der Waals surface area contributed by atoms with Gasteiger partial charge in [-0.1, -0.05) is 25.4 Å². The van der Waals surface area contributed by atoms with Crippen LogP contribution in [0.5, 0.6) is 0 Å². The first kappa shape index (κ1) is 18.7. The molecule has 6 heteroatoms. The van der Waals surface area contributed by atoms with E-state index in [0.29, 0.717) is 16.9 Å². The predicted molar refractivity (Wildman–Crippen MR) is 94.4 cm³/mol. The Morgan fingerprint density at radius 1 is 1.17 bits per heavy atom. The average Bonchev–Trinajstić information content (AvgIpc) is 2.35. The van der Waals surface area contributed by atoms with Crippen LogP contribution >= 0.6 is 11.6 Å². The van der Waals surface area contributed by atoms with E-state index in [4.69, 9.17) is 11.6 Å². The molecule has 1 aliphatic rings. The van der Waals surface area contributed by atoms with E-state index in [1.54, 1.807) is 24.3 Å². The summed E-state index contributed by atoms with van der Waals surface area (Å²) in [5.41, 5.74) is -0.495. The maximum absolute atomic E-state index is 12.6. The van der Waals surface area contributed by atoms with Crippen LogP contribution in [-0.4, -0.2) is 33.6 Å². The topological polar surface area (TPSA) is 50.6 Å². The van der Waals surface area contributed by atoms with Gasteiger partial charge in [-0.25, -0.2) is 8.42 Å². The second kappa shape index (κ2) is 7.09. The summed E-state index contributed by atoms with van der Waals surface area (Å²) >= 11 is 5.83. The summed E-state index contributed by atoms with van der Waals surface area (Å²) in [7, 11) is -3.53. The molecule has 1 heterocycles. The van der Waals surface area contributed by atoms with Crippen molar-refractivity contribution >= 4 is 21.6 Å². The molecule has 4 nitrogen and oxygen atoms in total. The minimum Gasteiger partial charge on any atom is -0.333 e. The lowest BCUT2D eigenvalue weighted by atomic mass is 9.91. The van der Waals surface area contributed by atoms with E-state index >= 15 is 0 Å². The lowest BCUT2D eigenvalue weighted by molar-refractivity contribution is -0.915. The molecule has 1 fully saturated rings. The lowest BCUT2D eigenvalue weighted by Gasteiger charge is -2.37. The van der Waals surface area contributed by atoms with E-state index in [9.17, 15) is 8.42 Å². The molecule has 0 aliphatic carbocycles. The highest BCUT2D eigenvalue weighted by molar-refractivity contribution is 7.89. The number of piperidine rings is 1. The average molecular weight is 360 g/mol.